The van der Waals surface area contributed by atoms with Gasteiger partial charge in [-0.25, -0.2) is 12.8 Å². The quantitative estimate of drug-likeness (QED) is 0.741. The van der Waals surface area contributed by atoms with Crippen LogP contribution in [0.25, 0.3) is 0 Å². The summed E-state index contributed by atoms with van der Waals surface area (Å²) in [4.78, 5) is 12.4. The predicted molar refractivity (Wildman–Crippen MR) is 96.7 cm³/mol. The number of nitrogens with one attached hydrogen (secondary N) is 3. The molecule has 0 aliphatic carbocycles. The molecule has 8 heteroatoms. The number of rotatable bonds is 5. The van der Waals surface area contributed by atoms with Crippen LogP contribution >= 0.6 is 0 Å². The Morgan fingerprint density at radius 3 is 2.65 bits per heavy atom. The van der Waals surface area contributed by atoms with E-state index in [-0.39, 0.29) is 10.6 Å². The summed E-state index contributed by atoms with van der Waals surface area (Å²) >= 11 is 0. The molecule has 0 saturated heterocycles. The van der Waals surface area contributed by atoms with Crippen molar-refractivity contribution < 1.29 is 17.6 Å². The average Bonchev–Trinajstić information content (AvgIpc) is 2.64. The fourth-order valence-corrected chi connectivity index (χ4v) is 4.05. The highest BCUT2D eigenvalue weighted by Gasteiger charge is 2.23. The topological polar surface area (TPSA) is 87.3 Å². The van der Waals surface area contributed by atoms with Crippen LogP contribution in [0.1, 0.15) is 18.1 Å². The maximum atomic E-state index is 14.6. The number of carbonyl (C=O) groups is 1. The molecule has 1 heterocycles. The normalized spacial score (nSPS) is 15.2. The molecule has 0 saturated carbocycles. The van der Waals surface area contributed by atoms with Crippen LogP contribution in [0, 0.1) is 5.82 Å². The zero-order valence-electron chi connectivity index (χ0n) is 14.3. The Balaban J connectivity index is 1.72. The molecule has 26 heavy (non-hydrogen) atoms. The molecule has 1 unspecified atom stereocenters. The standard InChI is InChI=1S/C18H20FN3O3S/c1-12(22-26(24,25)14-5-3-2-4-6-14)18(23)21-16-8-7-13-11-20-10-9-15(13)17(16)19/h2-8,12,20,22H,9-11H2,1H3,(H,21,23). The fourth-order valence-electron chi connectivity index (χ4n) is 2.83. The maximum absolute atomic E-state index is 14.6. The van der Waals surface area contributed by atoms with E-state index in [1.807, 2.05) is 0 Å². The Kier molecular flexibility index (Phi) is 5.36. The smallest absolute Gasteiger partial charge is 0.242 e. The van der Waals surface area contributed by atoms with Crippen molar-refractivity contribution in [1.82, 2.24) is 10.0 Å². The molecule has 2 aromatic carbocycles. The third-order valence-corrected chi connectivity index (χ3v) is 5.80. The van der Waals surface area contributed by atoms with Crippen LogP contribution < -0.4 is 15.4 Å². The molecule has 0 aromatic heterocycles. The highest BCUT2D eigenvalue weighted by Crippen LogP contribution is 2.24. The molecule has 1 atom stereocenters. The van der Waals surface area contributed by atoms with Gasteiger partial charge in [0, 0.05) is 6.54 Å². The first kappa shape index (κ1) is 18.5. The van der Waals surface area contributed by atoms with E-state index in [0.29, 0.717) is 25.1 Å². The van der Waals surface area contributed by atoms with Crippen molar-refractivity contribution >= 4 is 21.6 Å². The van der Waals surface area contributed by atoms with Gasteiger partial charge in [0.25, 0.3) is 0 Å². The van der Waals surface area contributed by atoms with Gasteiger partial charge in [-0.2, -0.15) is 4.72 Å². The summed E-state index contributed by atoms with van der Waals surface area (Å²) in [5.74, 6) is -1.09. The van der Waals surface area contributed by atoms with E-state index in [1.165, 1.54) is 25.1 Å². The Morgan fingerprint density at radius 2 is 1.92 bits per heavy atom. The summed E-state index contributed by atoms with van der Waals surface area (Å²) in [5.41, 5.74) is 1.50. The minimum Gasteiger partial charge on any atom is -0.322 e. The van der Waals surface area contributed by atoms with Crippen LogP contribution in [-0.2, 0) is 27.8 Å². The maximum Gasteiger partial charge on any atom is 0.242 e. The summed E-state index contributed by atoms with van der Waals surface area (Å²) in [6.07, 6.45) is 0.543. The molecule has 0 fully saturated rings. The van der Waals surface area contributed by atoms with Gasteiger partial charge >= 0.3 is 0 Å². The van der Waals surface area contributed by atoms with Crippen molar-refractivity contribution in [1.29, 1.82) is 0 Å². The van der Waals surface area contributed by atoms with Crippen molar-refractivity contribution in [2.45, 2.75) is 30.8 Å². The number of hydrogen-bond acceptors (Lipinski definition) is 4. The largest absolute Gasteiger partial charge is 0.322 e. The lowest BCUT2D eigenvalue weighted by Gasteiger charge is -2.20. The summed E-state index contributed by atoms with van der Waals surface area (Å²) in [6.45, 7) is 2.68. The zero-order valence-corrected chi connectivity index (χ0v) is 15.1. The second kappa shape index (κ2) is 7.53. The van der Waals surface area contributed by atoms with Gasteiger partial charge in [0.1, 0.15) is 5.82 Å². The van der Waals surface area contributed by atoms with Gasteiger partial charge < -0.3 is 10.6 Å². The van der Waals surface area contributed by atoms with Crippen LogP contribution in [0.4, 0.5) is 10.1 Å². The Bertz CT molecular complexity index is 917. The van der Waals surface area contributed by atoms with Gasteiger partial charge in [0.05, 0.1) is 16.6 Å². The third-order valence-electron chi connectivity index (χ3n) is 4.24. The number of amides is 1. The van der Waals surface area contributed by atoms with E-state index in [9.17, 15) is 17.6 Å². The van der Waals surface area contributed by atoms with Crippen LogP contribution in [0.3, 0.4) is 0 Å². The molecule has 2 aromatic rings. The average molecular weight is 377 g/mol. The number of halogens is 1. The first-order valence-corrected chi connectivity index (χ1v) is 9.76. The highest BCUT2D eigenvalue weighted by molar-refractivity contribution is 7.89. The van der Waals surface area contributed by atoms with Gasteiger partial charge in [0.15, 0.2) is 0 Å². The van der Waals surface area contributed by atoms with Crippen LogP contribution in [0.2, 0.25) is 0 Å². The summed E-state index contributed by atoms with van der Waals surface area (Å²) in [6, 6.07) is 9.96. The summed E-state index contributed by atoms with van der Waals surface area (Å²) in [5, 5.41) is 5.63. The van der Waals surface area contributed by atoms with Crippen molar-refractivity contribution in [3.05, 3.63) is 59.4 Å². The molecule has 1 aliphatic heterocycles. The lowest BCUT2D eigenvalue weighted by Crippen LogP contribution is -2.41. The second-order valence-corrected chi connectivity index (χ2v) is 7.85. The van der Waals surface area contributed by atoms with E-state index in [0.717, 1.165) is 5.56 Å². The molecule has 6 nitrogen and oxygen atoms in total. The van der Waals surface area contributed by atoms with Gasteiger partial charge in [-0.05, 0) is 49.2 Å². The third kappa shape index (κ3) is 3.92. The number of carbonyl (C=O) groups excluding carboxylic acids is 1. The molecule has 1 amide bonds. The molecule has 0 radical (unpaired) electrons. The van der Waals surface area contributed by atoms with Gasteiger partial charge in [-0.3, -0.25) is 4.79 Å². The molecular weight excluding hydrogens is 357 g/mol. The second-order valence-electron chi connectivity index (χ2n) is 6.14. The molecule has 1 aliphatic rings. The molecule has 0 spiro atoms. The monoisotopic (exact) mass is 377 g/mol. The minimum absolute atomic E-state index is 0.0569. The molecule has 0 bridgehead atoms. The molecule has 3 rings (SSSR count). The summed E-state index contributed by atoms with van der Waals surface area (Å²) in [7, 11) is -3.83. The lowest BCUT2D eigenvalue weighted by molar-refractivity contribution is -0.117. The van der Waals surface area contributed by atoms with E-state index in [2.05, 4.69) is 15.4 Å². The molecular formula is C18H20FN3O3S. The summed E-state index contributed by atoms with van der Waals surface area (Å²) < 4.78 is 41.5. The SMILES string of the molecule is CC(NS(=O)(=O)c1ccccc1)C(=O)Nc1ccc2c(c1F)CCNC2. The van der Waals surface area contributed by atoms with Crippen LogP contribution in [0.5, 0.6) is 0 Å². The first-order chi connectivity index (χ1) is 12.4. The Hall–Kier alpha value is -2.29. The lowest BCUT2D eigenvalue weighted by atomic mass is 9.99. The predicted octanol–water partition coefficient (Wildman–Crippen LogP) is 1.78. The van der Waals surface area contributed by atoms with Crippen LogP contribution in [0.15, 0.2) is 47.4 Å². The fraction of sp³-hybridized carbons (Fsp3) is 0.278. The number of anilines is 1. The molecule has 138 valence electrons. The van der Waals surface area contributed by atoms with Crippen molar-refractivity contribution in [3.63, 3.8) is 0 Å². The number of sulfonamides is 1. The number of hydrogen-bond donors (Lipinski definition) is 3. The van der Waals surface area contributed by atoms with Crippen molar-refractivity contribution in [2.24, 2.45) is 0 Å². The highest BCUT2D eigenvalue weighted by atomic mass is 32.2. The van der Waals surface area contributed by atoms with Gasteiger partial charge in [0.2, 0.25) is 15.9 Å². The van der Waals surface area contributed by atoms with E-state index in [4.69, 9.17) is 0 Å². The number of benzene rings is 2. The minimum atomic E-state index is -3.83. The van der Waals surface area contributed by atoms with Crippen molar-refractivity contribution in [2.75, 3.05) is 11.9 Å². The van der Waals surface area contributed by atoms with E-state index >= 15 is 0 Å². The first-order valence-electron chi connectivity index (χ1n) is 8.27. The number of fused-ring (bicyclic) bond motifs is 1. The Morgan fingerprint density at radius 1 is 1.19 bits per heavy atom. The zero-order chi connectivity index (χ0) is 18.7. The van der Waals surface area contributed by atoms with Crippen molar-refractivity contribution in [3.8, 4) is 0 Å². The van der Waals surface area contributed by atoms with E-state index in [1.54, 1.807) is 24.3 Å². The Labute approximate surface area is 151 Å². The van der Waals surface area contributed by atoms with Crippen LogP contribution in [-0.4, -0.2) is 26.9 Å². The molecule has 3 N–H and O–H groups in total. The van der Waals surface area contributed by atoms with E-state index < -0.39 is 27.8 Å². The van der Waals surface area contributed by atoms with Gasteiger partial charge in [-0.1, -0.05) is 24.3 Å². The van der Waals surface area contributed by atoms with Gasteiger partial charge in [-0.15, -0.1) is 0 Å².